The normalized spacial score (nSPS) is 22.5. The van der Waals surface area contributed by atoms with Crippen LogP contribution >= 0.6 is 0 Å². The molecule has 3 aliphatic rings. The van der Waals surface area contributed by atoms with E-state index in [-0.39, 0.29) is 0 Å². The molecule has 0 spiro atoms. The van der Waals surface area contributed by atoms with Gasteiger partial charge >= 0.3 is 0 Å². The van der Waals surface area contributed by atoms with Crippen molar-refractivity contribution in [2.75, 3.05) is 24.6 Å². The number of anilines is 1. The summed E-state index contributed by atoms with van der Waals surface area (Å²) in [6.07, 6.45) is 10.6. The molecule has 25 heavy (non-hydrogen) atoms. The highest BCUT2D eigenvalue weighted by atomic mass is 32.2. The Kier molecular flexibility index (Phi) is 4.69. The van der Waals surface area contributed by atoms with Crippen LogP contribution in [0.25, 0.3) is 0 Å². The number of piperidine rings is 1. The van der Waals surface area contributed by atoms with Crippen LogP contribution in [0, 0.1) is 0 Å². The van der Waals surface area contributed by atoms with E-state index >= 15 is 0 Å². The van der Waals surface area contributed by atoms with Gasteiger partial charge in [-0.05, 0) is 56.2 Å². The quantitative estimate of drug-likeness (QED) is 0.896. The van der Waals surface area contributed by atoms with Crippen molar-refractivity contribution in [1.29, 1.82) is 0 Å². The minimum Gasteiger partial charge on any atom is -0.301 e. The van der Waals surface area contributed by atoms with Crippen LogP contribution in [-0.2, 0) is 10.0 Å². The molecule has 2 aliphatic heterocycles. The molecule has 0 unspecified atom stereocenters. The van der Waals surface area contributed by atoms with Crippen molar-refractivity contribution >= 4 is 15.8 Å². The summed E-state index contributed by atoms with van der Waals surface area (Å²) >= 11 is 0. The van der Waals surface area contributed by atoms with Crippen LogP contribution in [0.3, 0.4) is 0 Å². The van der Waals surface area contributed by atoms with Gasteiger partial charge in [-0.15, -0.1) is 0 Å². The number of nitrogens with zero attached hydrogens (tertiary/aromatic N) is 3. The molecule has 0 amide bonds. The van der Waals surface area contributed by atoms with E-state index in [4.69, 9.17) is 0 Å². The number of rotatable bonds is 3. The SMILES string of the molecule is O=S(=O)(c1ccc(N2CC3=C(CCCCC3)N2)nc1)N1CCCCC1. The number of hydrogen-bond donors (Lipinski definition) is 1. The molecule has 1 aromatic rings. The molecule has 1 saturated heterocycles. The molecule has 1 aromatic heterocycles. The summed E-state index contributed by atoms with van der Waals surface area (Å²) in [5.41, 5.74) is 6.27. The Bertz CT molecular complexity index is 734. The molecule has 7 heteroatoms. The molecule has 1 N–H and O–H groups in total. The monoisotopic (exact) mass is 362 g/mol. The van der Waals surface area contributed by atoms with Crippen molar-refractivity contribution in [3.63, 3.8) is 0 Å². The Balaban J connectivity index is 1.47. The number of aromatic nitrogens is 1. The standard InChI is InChI=1S/C18H26N4O2S/c23-25(24,21-11-5-2-6-12-21)16-9-10-18(19-13-16)22-14-15-7-3-1-4-8-17(15)20-22/h9-10,13,20H,1-8,11-12,14H2. The maximum atomic E-state index is 12.7. The molecular weight excluding hydrogens is 336 g/mol. The molecule has 0 radical (unpaired) electrons. The zero-order valence-electron chi connectivity index (χ0n) is 14.6. The van der Waals surface area contributed by atoms with Gasteiger partial charge in [-0.1, -0.05) is 12.8 Å². The first kappa shape index (κ1) is 16.8. The third-order valence-corrected chi connectivity index (χ3v) is 7.28. The first-order valence-corrected chi connectivity index (χ1v) is 10.8. The summed E-state index contributed by atoms with van der Waals surface area (Å²) in [6.45, 7) is 2.09. The first-order valence-electron chi connectivity index (χ1n) is 9.36. The minimum absolute atomic E-state index is 0.298. The van der Waals surface area contributed by atoms with Gasteiger partial charge < -0.3 is 5.43 Å². The fourth-order valence-corrected chi connectivity index (χ4v) is 5.39. The number of hydrogen-bond acceptors (Lipinski definition) is 5. The van der Waals surface area contributed by atoms with Gasteiger partial charge in [0.15, 0.2) is 0 Å². The number of sulfonamides is 1. The summed E-state index contributed by atoms with van der Waals surface area (Å²) in [5.74, 6) is 0.783. The second-order valence-electron chi connectivity index (χ2n) is 7.16. The third-order valence-electron chi connectivity index (χ3n) is 5.40. The van der Waals surface area contributed by atoms with Crippen LogP contribution in [0.15, 0.2) is 34.5 Å². The highest BCUT2D eigenvalue weighted by Crippen LogP contribution is 2.29. The summed E-state index contributed by atoms with van der Waals surface area (Å²) in [5, 5.41) is 2.04. The topological polar surface area (TPSA) is 65.5 Å². The van der Waals surface area contributed by atoms with Crippen molar-refractivity contribution in [1.82, 2.24) is 14.7 Å². The smallest absolute Gasteiger partial charge is 0.244 e. The lowest BCUT2D eigenvalue weighted by Crippen LogP contribution is -2.36. The summed E-state index contributed by atoms with van der Waals surface area (Å²) in [7, 11) is -3.41. The minimum atomic E-state index is -3.41. The highest BCUT2D eigenvalue weighted by molar-refractivity contribution is 7.89. The fourth-order valence-electron chi connectivity index (χ4n) is 3.92. The Labute approximate surface area is 149 Å². The second-order valence-corrected chi connectivity index (χ2v) is 9.10. The van der Waals surface area contributed by atoms with Gasteiger partial charge in [-0.3, -0.25) is 5.01 Å². The third kappa shape index (κ3) is 3.40. The molecule has 1 fully saturated rings. The van der Waals surface area contributed by atoms with E-state index in [0.29, 0.717) is 18.0 Å². The predicted octanol–water partition coefficient (Wildman–Crippen LogP) is 2.80. The average molecular weight is 362 g/mol. The largest absolute Gasteiger partial charge is 0.301 e. The lowest BCUT2D eigenvalue weighted by molar-refractivity contribution is 0.346. The van der Waals surface area contributed by atoms with Gasteiger partial charge in [0, 0.05) is 25.0 Å². The van der Waals surface area contributed by atoms with E-state index in [2.05, 4.69) is 10.4 Å². The molecule has 0 aromatic carbocycles. The molecule has 3 heterocycles. The van der Waals surface area contributed by atoms with Gasteiger partial charge in [-0.2, -0.15) is 4.31 Å². The van der Waals surface area contributed by atoms with Crippen LogP contribution in [0.1, 0.15) is 51.4 Å². The van der Waals surface area contributed by atoms with Crippen molar-refractivity contribution in [2.24, 2.45) is 0 Å². The summed E-state index contributed by atoms with van der Waals surface area (Å²) in [6, 6.07) is 3.51. The van der Waals surface area contributed by atoms with Crippen LogP contribution in [0.4, 0.5) is 5.82 Å². The summed E-state index contributed by atoms with van der Waals surface area (Å²) in [4.78, 5) is 4.73. The van der Waals surface area contributed by atoms with Crippen molar-refractivity contribution in [3.05, 3.63) is 29.6 Å². The van der Waals surface area contributed by atoms with E-state index < -0.39 is 10.0 Å². The van der Waals surface area contributed by atoms with Crippen LogP contribution in [0.5, 0.6) is 0 Å². The van der Waals surface area contributed by atoms with Gasteiger partial charge in [0.25, 0.3) is 0 Å². The number of nitrogens with one attached hydrogen (secondary N) is 1. The summed E-state index contributed by atoms with van der Waals surface area (Å²) < 4.78 is 27.0. The predicted molar refractivity (Wildman–Crippen MR) is 97.4 cm³/mol. The maximum Gasteiger partial charge on any atom is 0.244 e. The van der Waals surface area contributed by atoms with Gasteiger partial charge in [0.1, 0.15) is 10.7 Å². The Morgan fingerprint density at radius 2 is 1.72 bits per heavy atom. The van der Waals surface area contributed by atoms with Crippen LogP contribution in [0.2, 0.25) is 0 Å². The number of pyridine rings is 1. The molecule has 4 rings (SSSR count). The van der Waals surface area contributed by atoms with Crippen molar-refractivity contribution < 1.29 is 8.42 Å². The van der Waals surface area contributed by atoms with Gasteiger partial charge in [-0.25, -0.2) is 13.4 Å². The molecular formula is C18H26N4O2S. The van der Waals surface area contributed by atoms with E-state index in [0.717, 1.165) is 44.5 Å². The fraction of sp³-hybridized carbons (Fsp3) is 0.611. The average Bonchev–Trinajstić information content (AvgIpc) is 2.93. The van der Waals surface area contributed by atoms with E-state index in [1.54, 1.807) is 10.4 Å². The molecule has 1 aliphatic carbocycles. The van der Waals surface area contributed by atoms with Crippen LogP contribution in [-0.4, -0.2) is 37.3 Å². The van der Waals surface area contributed by atoms with Crippen molar-refractivity contribution in [3.8, 4) is 0 Å². The van der Waals surface area contributed by atoms with Crippen LogP contribution < -0.4 is 10.4 Å². The first-order chi connectivity index (χ1) is 12.1. The Morgan fingerprint density at radius 1 is 0.960 bits per heavy atom. The molecule has 0 bridgehead atoms. The zero-order chi connectivity index (χ0) is 17.3. The Hall–Kier alpha value is -1.60. The lowest BCUT2D eigenvalue weighted by Gasteiger charge is -2.26. The zero-order valence-corrected chi connectivity index (χ0v) is 15.4. The molecule has 0 saturated carbocycles. The maximum absolute atomic E-state index is 12.7. The van der Waals surface area contributed by atoms with E-state index in [9.17, 15) is 8.42 Å². The van der Waals surface area contributed by atoms with E-state index in [1.807, 2.05) is 11.1 Å². The lowest BCUT2D eigenvalue weighted by atomic mass is 10.1. The van der Waals surface area contributed by atoms with Crippen molar-refractivity contribution in [2.45, 2.75) is 56.3 Å². The number of allylic oxidation sites excluding steroid dienone is 1. The van der Waals surface area contributed by atoms with Gasteiger partial charge in [0.2, 0.25) is 10.0 Å². The molecule has 0 atom stereocenters. The van der Waals surface area contributed by atoms with Gasteiger partial charge in [0.05, 0.1) is 6.54 Å². The highest BCUT2D eigenvalue weighted by Gasteiger charge is 2.27. The number of hydrazine groups is 1. The Morgan fingerprint density at radius 3 is 2.48 bits per heavy atom. The molecule has 136 valence electrons. The van der Waals surface area contributed by atoms with E-state index in [1.165, 1.54) is 36.7 Å². The molecule has 6 nitrogen and oxygen atoms in total. The second kappa shape index (κ2) is 6.96.